The van der Waals surface area contributed by atoms with Gasteiger partial charge in [-0.25, -0.2) is 9.97 Å². The monoisotopic (exact) mass is 391 g/mol. The maximum Gasteiger partial charge on any atom is 0.269 e. The molecular formula is C17H22ClN7O2. The molecule has 10 heteroatoms. The number of aromatic nitrogens is 2. The summed E-state index contributed by atoms with van der Waals surface area (Å²) < 4.78 is 0. The first kappa shape index (κ1) is 19.2. The number of aliphatic hydroxyl groups is 1. The highest BCUT2D eigenvalue weighted by atomic mass is 35.5. The molecule has 1 amide bonds. The molecule has 2 aromatic rings. The van der Waals surface area contributed by atoms with Gasteiger partial charge in [0.05, 0.1) is 6.61 Å². The molecule has 0 spiro atoms. The maximum absolute atomic E-state index is 12.2. The normalized spacial score (nSPS) is 14.8. The van der Waals surface area contributed by atoms with E-state index in [4.69, 9.17) is 22.4 Å². The Kier molecular flexibility index (Phi) is 6.28. The molecule has 0 atom stereocenters. The lowest BCUT2D eigenvalue weighted by Crippen LogP contribution is -2.47. The van der Waals surface area contributed by atoms with E-state index < -0.39 is 0 Å². The molecule has 1 aromatic heterocycles. The molecule has 0 unspecified atom stereocenters. The number of β-amino-alcohol motifs (C(OH)–C–C–N with tert-alkyl or cyclic N) is 1. The third-order valence-corrected chi connectivity index (χ3v) is 4.57. The van der Waals surface area contributed by atoms with Gasteiger partial charge in [-0.3, -0.25) is 20.5 Å². The largest absolute Gasteiger partial charge is 0.395 e. The number of hydrogen-bond donors (Lipinski definition) is 4. The van der Waals surface area contributed by atoms with Crippen LogP contribution in [0.25, 0.3) is 0 Å². The van der Waals surface area contributed by atoms with E-state index in [2.05, 4.69) is 30.6 Å². The number of halogens is 1. The van der Waals surface area contributed by atoms with Gasteiger partial charge < -0.3 is 15.7 Å². The van der Waals surface area contributed by atoms with Crippen LogP contribution in [0.1, 0.15) is 10.4 Å². The van der Waals surface area contributed by atoms with Crippen LogP contribution in [0.5, 0.6) is 0 Å². The molecule has 0 radical (unpaired) electrons. The van der Waals surface area contributed by atoms with Crippen LogP contribution in [-0.2, 0) is 0 Å². The van der Waals surface area contributed by atoms with E-state index in [1.807, 2.05) is 0 Å². The van der Waals surface area contributed by atoms with Crippen LogP contribution in [0.15, 0.2) is 30.6 Å². The number of carbonyl (C=O) groups is 1. The first-order chi connectivity index (χ1) is 13.1. The van der Waals surface area contributed by atoms with Crippen molar-refractivity contribution in [3.05, 3.63) is 41.2 Å². The summed E-state index contributed by atoms with van der Waals surface area (Å²) in [5.74, 6) is 0.594. The van der Waals surface area contributed by atoms with E-state index in [1.165, 1.54) is 6.33 Å². The van der Waals surface area contributed by atoms with Gasteiger partial charge in [0, 0.05) is 43.3 Å². The first-order valence-electron chi connectivity index (χ1n) is 8.59. The lowest BCUT2D eigenvalue weighted by Gasteiger charge is -2.35. The fourth-order valence-electron chi connectivity index (χ4n) is 2.88. The second kappa shape index (κ2) is 8.85. The van der Waals surface area contributed by atoms with Crippen LogP contribution >= 0.6 is 11.6 Å². The third kappa shape index (κ3) is 4.76. The van der Waals surface area contributed by atoms with Gasteiger partial charge in [-0.2, -0.15) is 0 Å². The summed E-state index contributed by atoms with van der Waals surface area (Å²) in [6.07, 6.45) is 1.40. The highest BCUT2D eigenvalue weighted by molar-refractivity contribution is 6.30. The summed E-state index contributed by atoms with van der Waals surface area (Å²) in [5, 5.41) is 9.52. The van der Waals surface area contributed by atoms with Gasteiger partial charge in [0.1, 0.15) is 12.0 Å². The second-order valence-corrected chi connectivity index (χ2v) is 6.54. The van der Waals surface area contributed by atoms with E-state index in [-0.39, 0.29) is 12.5 Å². The number of hydrogen-bond acceptors (Lipinski definition) is 8. The Labute approximate surface area is 162 Å². The van der Waals surface area contributed by atoms with Gasteiger partial charge >= 0.3 is 0 Å². The highest BCUT2D eigenvalue weighted by Gasteiger charge is 2.21. The first-order valence-corrected chi connectivity index (χ1v) is 8.97. The van der Waals surface area contributed by atoms with Crippen molar-refractivity contribution in [1.29, 1.82) is 0 Å². The van der Waals surface area contributed by atoms with E-state index in [9.17, 15) is 4.79 Å². The summed E-state index contributed by atoms with van der Waals surface area (Å²) in [4.78, 5) is 24.8. The van der Waals surface area contributed by atoms with Crippen molar-refractivity contribution in [2.45, 2.75) is 0 Å². The average molecular weight is 392 g/mol. The van der Waals surface area contributed by atoms with E-state index in [0.717, 1.165) is 26.2 Å². The number of nitrogens with two attached hydrogens (primary N) is 1. The molecule has 1 saturated heterocycles. The minimum absolute atomic E-state index is 0.149. The molecule has 3 rings (SSSR count). The van der Waals surface area contributed by atoms with E-state index >= 15 is 0 Å². The zero-order chi connectivity index (χ0) is 19.2. The predicted molar refractivity (Wildman–Crippen MR) is 105 cm³/mol. The van der Waals surface area contributed by atoms with Crippen molar-refractivity contribution in [2.75, 3.05) is 55.4 Å². The molecule has 0 bridgehead atoms. The highest BCUT2D eigenvalue weighted by Crippen LogP contribution is 2.26. The molecule has 144 valence electrons. The predicted octanol–water partition coefficient (Wildman–Crippen LogP) is 0.583. The Bertz CT molecular complexity index is 797. The van der Waals surface area contributed by atoms with Gasteiger partial charge in [0.15, 0.2) is 11.6 Å². The van der Waals surface area contributed by atoms with Crippen molar-refractivity contribution in [3.8, 4) is 0 Å². The van der Waals surface area contributed by atoms with Crippen molar-refractivity contribution in [2.24, 2.45) is 0 Å². The van der Waals surface area contributed by atoms with Crippen LogP contribution < -0.4 is 21.5 Å². The molecule has 1 aromatic carbocycles. The summed E-state index contributed by atoms with van der Waals surface area (Å²) in [5.41, 5.74) is 12.3. The van der Waals surface area contributed by atoms with Crippen molar-refractivity contribution >= 4 is 34.8 Å². The van der Waals surface area contributed by atoms with Gasteiger partial charge in [0.25, 0.3) is 5.91 Å². The van der Waals surface area contributed by atoms with Crippen LogP contribution in [0.4, 0.5) is 17.3 Å². The number of anilines is 3. The number of nitrogens with one attached hydrogen (secondary N) is 2. The molecule has 1 aliphatic rings. The number of rotatable bonds is 6. The van der Waals surface area contributed by atoms with E-state index in [0.29, 0.717) is 34.5 Å². The second-order valence-electron chi connectivity index (χ2n) is 6.10. The van der Waals surface area contributed by atoms with Crippen molar-refractivity contribution in [1.82, 2.24) is 20.3 Å². The SMILES string of the molecule is Nc1c(NNC(=O)c2cccc(Cl)c2)ncnc1N1CCN(CCO)CC1. The molecule has 1 aliphatic heterocycles. The summed E-state index contributed by atoms with van der Waals surface area (Å²) in [6.45, 7) is 3.94. The lowest BCUT2D eigenvalue weighted by atomic mass is 10.2. The number of nitrogen functional groups attached to an aromatic ring is 1. The minimum Gasteiger partial charge on any atom is -0.395 e. The fourth-order valence-corrected chi connectivity index (χ4v) is 3.07. The molecule has 1 fully saturated rings. The van der Waals surface area contributed by atoms with Gasteiger partial charge in [0.2, 0.25) is 0 Å². The molecule has 0 aliphatic carbocycles. The maximum atomic E-state index is 12.2. The van der Waals surface area contributed by atoms with Gasteiger partial charge in [-0.1, -0.05) is 17.7 Å². The smallest absolute Gasteiger partial charge is 0.269 e. The van der Waals surface area contributed by atoms with E-state index in [1.54, 1.807) is 24.3 Å². The average Bonchev–Trinajstić information content (AvgIpc) is 2.68. The zero-order valence-electron chi connectivity index (χ0n) is 14.7. The molecule has 0 saturated carbocycles. The molecule has 2 heterocycles. The third-order valence-electron chi connectivity index (χ3n) is 4.33. The van der Waals surface area contributed by atoms with Crippen molar-refractivity contribution < 1.29 is 9.90 Å². The number of carbonyl (C=O) groups excluding carboxylic acids is 1. The number of benzene rings is 1. The Balaban J connectivity index is 1.64. The topological polar surface area (TPSA) is 120 Å². The number of amides is 1. The quantitative estimate of drug-likeness (QED) is 0.528. The summed E-state index contributed by atoms with van der Waals surface area (Å²) >= 11 is 5.90. The van der Waals surface area contributed by atoms with Crippen LogP contribution in [0.3, 0.4) is 0 Å². The summed E-state index contributed by atoms with van der Waals surface area (Å²) in [6, 6.07) is 6.62. The lowest BCUT2D eigenvalue weighted by molar-refractivity contribution is 0.0962. The molecule has 9 nitrogen and oxygen atoms in total. The van der Waals surface area contributed by atoms with Crippen LogP contribution in [-0.4, -0.2) is 65.2 Å². The molecule has 27 heavy (non-hydrogen) atoms. The Morgan fingerprint density at radius 1 is 1.26 bits per heavy atom. The summed E-state index contributed by atoms with van der Waals surface area (Å²) in [7, 11) is 0. The number of aliphatic hydroxyl groups excluding tert-OH is 1. The number of hydrazine groups is 1. The Morgan fingerprint density at radius 2 is 2.04 bits per heavy atom. The van der Waals surface area contributed by atoms with Gasteiger partial charge in [-0.15, -0.1) is 0 Å². The standard InChI is InChI=1S/C17H22ClN7O2/c18-13-3-1-2-12(10-13)17(27)23-22-15-14(19)16(21-11-20-15)25-6-4-24(5-7-25)8-9-26/h1-3,10-11,26H,4-9,19H2,(H,23,27)(H,20,21,22). The number of piperazine rings is 1. The minimum atomic E-state index is -0.352. The Morgan fingerprint density at radius 3 is 2.74 bits per heavy atom. The van der Waals surface area contributed by atoms with Crippen molar-refractivity contribution in [3.63, 3.8) is 0 Å². The molecular weight excluding hydrogens is 370 g/mol. The fraction of sp³-hybridized carbons (Fsp3) is 0.353. The molecule has 5 N–H and O–H groups in total. The van der Waals surface area contributed by atoms with Crippen LogP contribution in [0.2, 0.25) is 5.02 Å². The zero-order valence-corrected chi connectivity index (χ0v) is 15.5. The Hall–Kier alpha value is -2.62. The van der Waals surface area contributed by atoms with Crippen LogP contribution in [0, 0.1) is 0 Å². The van der Waals surface area contributed by atoms with Gasteiger partial charge in [-0.05, 0) is 18.2 Å². The number of nitrogens with zero attached hydrogens (tertiary/aromatic N) is 4.